The topological polar surface area (TPSA) is 41.1 Å². The Morgan fingerprint density at radius 3 is 2.82 bits per heavy atom. The Morgan fingerprint density at radius 1 is 1.47 bits per heavy atom. The lowest BCUT2D eigenvalue weighted by molar-refractivity contribution is 0.581. The molecule has 1 N–H and O–H groups in total. The molecule has 0 bridgehead atoms. The smallest absolute Gasteiger partial charge is 0.224 e. The summed E-state index contributed by atoms with van der Waals surface area (Å²) >= 11 is 0. The Kier molecular flexibility index (Phi) is 3.76. The van der Waals surface area contributed by atoms with E-state index < -0.39 is 0 Å². The lowest BCUT2D eigenvalue weighted by Crippen LogP contribution is -2.30. The van der Waals surface area contributed by atoms with E-state index in [1.54, 1.807) is 0 Å². The molecule has 0 spiro atoms. The molecule has 1 fully saturated rings. The molecular weight excluding hydrogens is 219 g/mol. The van der Waals surface area contributed by atoms with Crippen LogP contribution in [-0.4, -0.2) is 29.6 Å². The van der Waals surface area contributed by atoms with Gasteiger partial charge in [0.05, 0.1) is 6.20 Å². The van der Waals surface area contributed by atoms with Crippen molar-refractivity contribution in [2.75, 3.05) is 23.8 Å². The Bertz CT molecular complexity index is 377. The van der Waals surface area contributed by atoms with Crippen LogP contribution in [0.3, 0.4) is 0 Å². The molecule has 1 heterocycles. The molecule has 1 aliphatic rings. The highest BCUT2D eigenvalue weighted by Gasteiger charge is 2.23. The summed E-state index contributed by atoms with van der Waals surface area (Å²) in [6, 6.07) is 0.411. The van der Waals surface area contributed by atoms with E-state index in [1.165, 1.54) is 19.0 Å². The zero-order valence-corrected chi connectivity index (χ0v) is 10.4. The molecule has 1 saturated carbocycles. The van der Waals surface area contributed by atoms with Crippen LogP contribution >= 0.6 is 0 Å². The number of anilines is 2. The first kappa shape index (κ1) is 12.1. The summed E-state index contributed by atoms with van der Waals surface area (Å²) in [5, 5.41) is 3.01. The van der Waals surface area contributed by atoms with Crippen molar-refractivity contribution in [1.82, 2.24) is 9.97 Å². The number of hydrogen-bond donors (Lipinski definition) is 1. The second-order valence-electron chi connectivity index (χ2n) is 4.44. The molecule has 5 heteroatoms. The van der Waals surface area contributed by atoms with Gasteiger partial charge in [0.2, 0.25) is 5.95 Å². The Labute approximate surface area is 101 Å². The molecule has 0 atom stereocenters. The fraction of sp³-hybridized carbons (Fsp3) is 0.667. The molecule has 17 heavy (non-hydrogen) atoms. The van der Waals surface area contributed by atoms with Crippen molar-refractivity contribution in [3.05, 3.63) is 12.0 Å². The maximum atomic E-state index is 13.7. The van der Waals surface area contributed by atoms with Crippen molar-refractivity contribution in [2.45, 2.75) is 38.6 Å². The third-order valence-corrected chi connectivity index (χ3v) is 3.27. The SMILES string of the molecule is CCNc1ncc(F)c(N(C)C2CCCC2)n1. The van der Waals surface area contributed by atoms with Gasteiger partial charge in [0.25, 0.3) is 0 Å². The van der Waals surface area contributed by atoms with Gasteiger partial charge in [-0.3, -0.25) is 0 Å². The maximum Gasteiger partial charge on any atom is 0.224 e. The van der Waals surface area contributed by atoms with Gasteiger partial charge in [-0.15, -0.1) is 0 Å². The summed E-state index contributed by atoms with van der Waals surface area (Å²) in [5.74, 6) is 0.553. The molecule has 1 aliphatic carbocycles. The number of aromatic nitrogens is 2. The minimum absolute atomic E-state index is 0.346. The number of nitrogens with zero attached hydrogens (tertiary/aromatic N) is 3. The maximum absolute atomic E-state index is 13.7. The fourth-order valence-corrected chi connectivity index (χ4v) is 2.31. The molecule has 0 aromatic carbocycles. The van der Waals surface area contributed by atoms with Gasteiger partial charge in [0, 0.05) is 19.6 Å². The van der Waals surface area contributed by atoms with E-state index in [0.29, 0.717) is 17.8 Å². The van der Waals surface area contributed by atoms with E-state index in [4.69, 9.17) is 0 Å². The van der Waals surface area contributed by atoms with Gasteiger partial charge in [-0.25, -0.2) is 9.37 Å². The third kappa shape index (κ3) is 2.65. The molecule has 0 saturated heterocycles. The van der Waals surface area contributed by atoms with Gasteiger partial charge in [0.1, 0.15) is 0 Å². The van der Waals surface area contributed by atoms with Gasteiger partial charge in [-0.05, 0) is 19.8 Å². The van der Waals surface area contributed by atoms with Crippen LogP contribution in [0.25, 0.3) is 0 Å². The summed E-state index contributed by atoms with van der Waals surface area (Å²) in [5.41, 5.74) is 0. The van der Waals surface area contributed by atoms with Gasteiger partial charge < -0.3 is 10.2 Å². The number of nitrogens with one attached hydrogen (secondary N) is 1. The molecule has 94 valence electrons. The van der Waals surface area contributed by atoms with Crippen LogP contribution in [0.2, 0.25) is 0 Å². The highest BCUT2D eigenvalue weighted by Crippen LogP contribution is 2.27. The van der Waals surface area contributed by atoms with Crippen molar-refractivity contribution in [1.29, 1.82) is 0 Å². The summed E-state index contributed by atoms with van der Waals surface area (Å²) in [7, 11) is 1.91. The highest BCUT2D eigenvalue weighted by atomic mass is 19.1. The second kappa shape index (κ2) is 5.29. The summed E-state index contributed by atoms with van der Waals surface area (Å²) in [6.07, 6.45) is 5.93. The summed E-state index contributed by atoms with van der Waals surface area (Å²) < 4.78 is 13.7. The number of rotatable bonds is 4. The minimum Gasteiger partial charge on any atom is -0.354 e. The summed E-state index contributed by atoms with van der Waals surface area (Å²) in [6.45, 7) is 2.70. The molecule has 0 aliphatic heterocycles. The first-order valence-corrected chi connectivity index (χ1v) is 6.21. The Hall–Kier alpha value is -1.39. The van der Waals surface area contributed by atoms with Crippen molar-refractivity contribution >= 4 is 11.8 Å². The van der Waals surface area contributed by atoms with E-state index >= 15 is 0 Å². The first-order chi connectivity index (χ1) is 8.22. The van der Waals surface area contributed by atoms with Crippen LogP contribution in [0.15, 0.2) is 6.20 Å². The van der Waals surface area contributed by atoms with Gasteiger partial charge in [0.15, 0.2) is 11.6 Å². The van der Waals surface area contributed by atoms with Crippen LogP contribution in [0, 0.1) is 5.82 Å². The summed E-state index contributed by atoms with van der Waals surface area (Å²) in [4.78, 5) is 10.1. The number of hydrogen-bond acceptors (Lipinski definition) is 4. The quantitative estimate of drug-likeness (QED) is 0.874. The Balaban J connectivity index is 2.19. The van der Waals surface area contributed by atoms with Gasteiger partial charge in [-0.2, -0.15) is 4.98 Å². The molecule has 0 unspecified atom stereocenters. The molecule has 4 nitrogen and oxygen atoms in total. The predicted octanol–water partition coefficient (Wildman–Crippen LogP) is 2.43. The van der Waals surface area contributed by atoms with Crippen molar-refractivity contribution in [3.8, 4) is 0 Å². The standard InChI is InChI=1S/C12H19FN4/c1-3-14-12-15-8-10(13)11(16-12)17(2)9-6-4-5-7-9/h8-9H,3-7H2,1-2H3,(H,14,15,16). The molecule has 2 rings (SSSR count). The fourth-order valence-electron chi connectivity index (χ4n) is 2.31. The van der Waals surface area contributed by atoms with Crippen molar-refractivity contribution in [2.24, 2.45) is 0 Å². The van der Waals surface area contributed by atoms with E-state index in [9.17, 15) is 4.39 Å². The van der Waals surface area contributed by atoms with E-state index in [-0.39, 0.29) is 5.82 Å². The highest BCUT2D eigenvalue weighted by molar-refractivity contribution is 5.44. The van der Waals surface area contributed by atoms with E-state index in [2.05, 4.69) is 15.3 Å². The largest absolute Gasteiger partial charge is 0.354 e. The minimum atomic E-state index is -0.346. The predicted molar refractivity (Wildman–Crippen MR) is 66.8 cm³/mol. The van der Waals surface area contributed by atoms with Crippen molar-refractivity contribution < 1.29 is 4.39 Å². The van der Waals surface area contributed by atoms with Gasteiger partial charge in [-0.1, -0.05) is 12.8 Å². The van der Waals surface area contributed by atoms with Crippen LogP contribution in [-0.2, 0) is 0 Å². The molecule has 0 amide bonds. The normalized spacial score (nSPS) is 16.2. The zero-order chi connectivity index (χ0) is 12.3. The average molecular weight is 238 g/mol. The molecule has 1 aromatic heterocycles. The lowest BCUT2D eigenvalue weighted by Gasteiger charge is -2.25. The van der Waals surface area contributed by atoms with Crippen LogP contribution in [0.1, 0.15) is 32.6 Å². The van der Waals surface area contributed by atoms with Crippen molar-refractivity contribution in [3.63, 3.8) is 0 Å². The first-order valence-electron chi connectivity index (χ1n) is 6.21. The van der Waals surface area contributed by atoms with E-state index in [1.807, 2.05) is 18.9 Å². The van der Waals surface area contributed by atoms with Crippen LogP contribution in [0.5, 0.6) is 0 Å². The Morgan fingerprint density at radius 2 is 2.18 bits per heavy atom. The lowest BCUT2D eigenvalue weighted by atomic mass is 10.2. The molecule has 0 radical (unpaired) electrons. The van der Waals surface area contributed by atoms with Crippen LogP contribution < -0.4 is 10.2 Å². The molecule has 1 aromatic rings. The zero-order valence-electron chi connectivity index (χ0n) is 10.4. The number of halogens is 1. The van der Waals surface area contributed by atoms with E-state index in [0.717, 1.165) is 19.4 Å². The second-order valence-corrected chi connectivity index (χ2v) is 4.44. The van der Waals surface area contributed by atoms with Gasteiger partial charge >= 0.3 is 0 Å². The average Bonchev–Trinajstić information content (AvgIpc) is 2.85. The third-order valence-electron chi connectivity index (χ3n) is 3.27. The monoisotopic (exact) mass is 238 g/mol. The molecular formula is C12H19FN4. The van der Waals surface area contributed by atoms with Crippen LogP contribution in [0.4, 0.5) is 16.2 Å².